The molecule has 3 aliphatic rings. The summed E-state index contributed by atoms with van der Waals surface area (Å²) in [4.78, 5) is 14.7. The van der Waals surface area contributed by atoms with Gasteiger partial charge >= 0.3 is 0 Å². The molecule has 5 rings (SSSR count). The number of hydrogen-bond acceptors (Lipinski definition) is 6. The molecule has 0 bridgehead atoms. The minimum absolute atomic E-state index is 0.0168. The largest absolute Gasteiger partial charge is 0.292 e. The molecule has 2 aliphatic carbocycles. The highest BCUT2D eigenvalue weighted by Crippen LogP contribution is 2.41. The van der Waals surface area contributed by atoms with Crippen LogP contribution in [0.25, 0.3) is 0 Å². The van der Waals surface area contributed by atoms with Crippen molar-refractivity contribution in [3.05, 3.63) is 38.2 Å². The van der Waals surface area contributed by atoms with E-state index < -0.39 is 0 Å². The third-order valence-corrected chi connectivity index (χ3v) is 6.58. The molecular weight excluding hydrogens is 334 g/mol. The summed E-state index contributed by atoms with van der Waals surface area (Å²) in [6.45, 7) is 2.61. The number of nitrogens with zero attached hydrogens (tertiary/aromatic N) is 5. The van der Waals surface area contributed by atoms with Crippen molar-refractivity contribution in [3.8, 4) is 0 Å². The Hall–Kier alpha value is -1.60. The molecule has 0 radical (unpaired) electrons. The van der Waals surface area contributed by atoms with Crippen molar-refractivity contribution in [2.45, 2.75) is 69.5 Å². The quantitative estimate of drug-likeness (QED) is 0.795. The van der Waals surface area contributed by atoms with Crippen molar-refractivity contribution in [1.29, 1.82) is 0 Å². The fourth-order valence-corrected chi connectivity index (χ4v) is 4.74. The molecule has 6 nitrogen and oxygen atoms in total. The van der Waals surface area contributed by atoms with E-state index in [1.165, 1.54) is 37.1 Å². The lowest BCUT2D eigenvalue weighted by molar-refractivity contribution is 0.215. The first-order chi connectivity index (χ1) is 12.3. The molecule has 3 heterocycles. The van der Waals surface area contributed by atoms with E-state index in [1.807, 2.05) is 6.07 Å². The Labute approximate surface area is 150 Å². The minimum atomic E-state index is 0.0168. The first-order valence-corrected chi connectivity index (χ1v) is 10.2. The summed E-state index contributed by atoms with van der Waals surface area (Å²) in [5.41, 5.74) is 1.10. The predicted molar refractivity (Wildman–Crippen MR) is 95.8 cm³/mol. The zero-order valence-electron chi connectivity index (χ0n) is 14.3. The molecule has 132 valence electrons. The van der Waals surface area contributed by atoms with Gasteiger partial charge < -0.3 is 0 Å². The van der Waals surface area contributed by atoms with Crippen LogP contribution in [0.5, 0.6) is 0 Å². The molecule has 25 heavy (non-hydrogen) atoms. The maximum atomic E-state index is 12.2. The third kappa shape index (κ3) is 3.40. The third-order valence-electron chi connectivity index (χ3n) is 5.51. The minimum Gasteiger partial charge on any atom is -0.292 e. The second kappa shape index (κ2) is 6.29. The van der Waals surface area contributed by atoms with Gasteiger partial charge in [0.05, 0.1) is 18.8 Å². The summed E-state index contributed by atoms with van der Waals surface area (Å²) >= 11 is 1.77. The molecule has 3 fully saturated rings. The van der Waals surface area contributed by atoms with E-state index in [0.717, 1.165) is 30.2 Å². The SMILES string of the molecule is O=c1ccc(C2CC2)nn1CC1CCCN1Cc1nnc(C2CC2)s1. The van der Waals surface area contributed by atoms with Gasteiger partial charge in [0, 0.05) is 23.9 Å². The van der Waals surface area contributed by atoms with Gasteiger partial charge in [-0.15, -0.1) is 10.2 Å². The maximum absolute atomic E-state index is 12.2. The van der Waals surface area contributed by atoms with Gasteiger partial charge in [-0.3, -0.25) is 9.69 Å². The lowest BCUT2D eigenvalue weighted by atomic mass is 10.2. The first kappa shape index (κ1) is 15.6. The van der Waals surface area contributed by atoms with E-state index >= 15 is 0 Å². The highest BCUT2D eigenvalue weighted by molar-refractivity contribution is 7.11. The molecule has 2 aromatic rings. The fourth-order valence-electron chi connectivity index (χ4n) is 3.70. The van der Waals surface area contributed by atoms with Crippen LogP contribution in [0, 0.1) is 0 Å². The van der Waals surface area contributed by atoms with Crippen molar-refractivity contribution in [2.75, 3.05) is 6.54 Å². The van der Waals surface area contributed by atoms with Crippen molar-refractivity contribution < 1.29 is 0 Å². The van der Waals surface area contributed by atoms with Gasteiger partial charge in [0.1, 0.15) is 10.0 Å². The standard InChI is InChI=1S/C18H23N5OS/c24-17-8-7-15(12-3-4-12)21-23(17)10-14-2-1-9-22(14)11-16-19-20-18(25-16)13-5-6-13/h7-8,12-14H,1-6,9-11H2. The van der Waals surface area contributed by atoms with Gasteiger partial charge in [-0.2, -0.15) is 5.10 Å². The van der Waals surface area contributed by atoms with E-state index in [1.54, 1.807) is 22.1 Å². The van der Waals surface area contributed by atoms with Crippen LogP contribution in [0.3, 0.4) is 0 Å². The highest BCUT2D eigenvalue weighted by Gasteiger charge is 2.30. The van der Waals surface area contributed by atoms with Gasteiger partial charge in [-0.1, -0.05) is 11.3 Å². The number of hydrogen-bond donors (Lipinski definition) is 0. The number of rotatable bonds is 6. The van der Waals surface area contributed by atoms with Crippen molar-refractivity contribution >= 4 is 11.3 Å². The monoisotopic (exact) mass is 357 g/mol. The van der Waals surface area contributed by atoms with Crippen molar-refractivity contribution in [3.63, 3.8) is 0 Å². The van der Waals surface area contributed by atoms with Crippen LogP contribution in [0.2, 0.25) is 0 Å². The van der Waals surface area contributed by atoms with E-state index in [0.29, 0.717) is 24.4 Å². The molecule has 2 saturated carbocycles. The molecule has 1 unspecified atom stereocenters. The van der Waals surface area contributed by atoms with Crippen LogP contribution in [0.1, 0.15) is 66.1 Å². The summed E-state index contributed by atoms with van der Waals surface area (Å²) < 4.78 is 1.69. The predicted octanol–water partition coefficient (Wildman–Crippen LogP) is 2.51. The van der Waals surface area contributed by atoms with Gasteiger partial charge in [-0.25, -0.2) is 4.68 Å². The summed E-state index contributed by atoms with van der Waals surface area (Å²) in [5.74, 6) is 1.25. The average molecular weight is 357 g/mol. The number of aromatic nitrogens is 4. The van der Waals surface area contributed by atoms with Crippen LogP contribution in [0.15, 0.2) is 16.9 Å². The highest BCUT2D eigenvalue weighted by atomic mass is 32.1. The van der Waals surface area contributed by atoms with Crippen LogP contribution in [-0.4, -0.2) is 37.5 Å². The molecule has 1 atom stereocenters. The zero-order chi connectivity index (χ0) is 16.8. The van der Waals surface area contributed by atoms with Gasteiger partial charge in [-0.05, 0) is 51.1 Å². The van der Waals surface area contributed by atoms with Crippen molar-refractivity contribution in [1.82, 2.24) is 24.9 Å². The maximum Gasteiger partial charge on any atom is 0.266 e. The second-order valence-electron chi connectivity index (χ2n) is 7.63. The Kier molecular flexibility index (Phi) is 3.93. The Bertz CT molecular complexity index is 823. The number of likely N-dealkylation sites (tertiary alicyclic amines) is 1. The molecule has 1 aliphatic heterocycles. The molecule has 0 spiro atoms. The Morgan fingerprint density at radius 2 is 1.92 bits per heavy atom. The van der Waals surface area contributed by atoms with E-state index in [9.17, 15) is 4.79 Å². The topological polar surface area (TPSA) is 63.9 Å². The van der Waals surface area contributed by atoms with E-state index in [-0.39, 0.29) is 5.56 Å². The lowest BCUT2D eigenvalue weighted by Gasteiger charge is -2.23. The van der Waals surface area contributed by atoms with Crippen LogP contribution in [0.4, 0.5) is 0 Å². The first-order valence-electron chi connectivity index (χ1n) is 9.40. The Balaban J connectivity index is 1.29. The van der Waals surface area contributed by atoms with Gasteiger partial charge in [0.15, 0.2) is 0 Å². The fraction of sp³-hybridized carbons (Fsp3) is 0.667. The van der Waals surface area contributed by atoms with Crippen LogP contribution in [-0.2, 0) is 13.1 Å². The summed E-state index contributed by atoms with van der Waals surface area (Å²) in [7, 11) is 0. The Morgan fingerprint density at radius 1 is 1.08 bits per heavy atom. The normalized spacial score (nSPS) is 24.1. The zero-order valence-corrected chi connectivity index (χ0v) is 15.1. The van der Waals surface area contributed by atoms with Gasteiger partial charge in [0.2, 0.25) is 0 Å². The van der Waals surface area contributed by atoms with E-state index in [4.69, 9.17) is 0 Å². The molecule has 2 aromatic heterocycles. The van der Waals surface area contributed by atoms with Gasteiger partial charge in [0.25, 0.3) is 5.56 Å². The summed E-state index contributed by atoms with van der Waals surface area (Å²) in [6.07, 6.45) is 7.26. The molecule has 7 heteroatoms. The van der Waals surface area contributed by atoms with Crippen LogP contribution < -0.4 is 5.56 Å². The van der Waals surface area contributed by atoms with Crippen molar-refractivity contribution in [2.24, 2.45) is 0 Å². The summed E-state index contributed by atoms with van der Waals surface area (Å²) in [6, 6.07) is 3.96. The van der Waals surface area contributed by atoms with E-state index in [2.05, 4.69) is 20.2 Å². The molecule has 0 amide bonds. The molecule has 0 aromatic carbocycles. The molecule has 0 N–H and O–H groups in total. The molecular formula is C18H23N5OS. The average Bonchev–Trinajstić information content (AvgIpc) is 3.54. The summed E-state index contributed by atoms with van der Waals surface area (Å²) in [5, 5.41) is 15.7. The smallest absolute Gasteiger partial charge is 0.266 e. The second-order valence-corrected chi connectivity index (χ2v) is 8.72. The lowest BCUT2D eigenvalue weighted by Crippen LogP contribution is -2.36. The van der Waals surface area contributed by atoms with Crippen LogP contribution >= 0.6 is 11.3 Å². The molecule has 1 saturated heterocycles. The Morgan fingerprint density at radius 3 is 2.72 bits per heavy atom.